The topological polar surface area (TPSA) is 23.8 Å². The zero-order chi connectivity index (χ0) is 12.4. The lowest BCUT2D eigenvalue weighted by Crippen LogP contribution is -1.88. The van der Waals surface area contributed by atoms with Crippen molar-refractivity contribution in [1.82, 2.24) is 0 Å². The first-order chi connectivity index (χ1) is 8.11. The van der Waals surface area contributed by atoms with Gasteiger partial charge in [-0.05, 0) is 42.7 Å². The smallest absolute Gasteiger partial charge is 0.131 e. The number of rotatable bonds is 1. The summed E-state index contributed by atoms with van der Waals surface area (Å²) in [5, 5.41) is 8.85. The van der Waals surface area contributed by atoms with Gasteiger partial charge in [0.1, 0.15) is 5.82 Å². The molecular formula is C15H12FN. The number of aryl methyl sites for hydroxylation is 2. The summed E-state index contributed by atoms with van der Waals surface area (Å²) < 4.78 is 13.8. The fraction of sp³-hybridized carbons (Fsp3) is 0.133. The van der Waals surface area contributed by atoms with E-state index in [9.17, 15) is 4.39 Å². The number of halogens is 1. The molecule has 0 spiro atoms. The summed E-state index contributed by atoms with van der Waals surface area (Å²) >= 11 is 0. The molecule has 0 unspecified atom stereocenters. The van der Waals surface area contributed by atoms with Gasteiger partial charge in [-0.1, -0.05) is 24.3 Å². The summed E-state index contributed by atoms with van der Waals surface area (Å²) in [5.41, 5.74) is 3.77. The molecule has 0 saturated carbocycles. The Morgan fingerprint density at radius 1 is 1.06 bits per heavy atom. The third-order valence-electron chi connectivity index (χ3n) is 2.78. The van der Waals surface area contributed by atoms with Gasteiger partial charge in [0.25, 0.3) is 0 Å². The van der Waals surface area contributed by atoms with Crippen molar-refractivity contribution in [3.8, 4) is 17.2 Å². The molecule has 0 saturated heterocycles. The highest BCUT2D eigenvalue weighted by molar-refractivity contribution is 5.66. The van der Waals surface area contributed by atoms with Gasteiger partial charge in [0.05, 0.1) is 11.6 Å². The molecule has 0 radical (unpaired) electrons. The van der Waals surface area contributed by atoms with Crippen LogP contribution in [0.15, 0.2) is 36.4 Å². The lowest BCUT2D eigenvalue weighted by Gasteiger charge is -2.06. The maximum absolute atomic E-state index is 13.8. The van der Waals surface area contributed by atoms with Gasteiger partial charge in [-0.2, -0.15) is 5.26 Å². The zero-order valence-electron chi connectivity index (χ0n) is 9.79. The fourth-order valence-electron chi connectivity index (χ4n) is 1.81. The summed E-state index contributed by atoms with van der Waals surface area (Å²) in [6, 6.07) is 12.6. The Bertz CT molecular complexity index is 609. The normalized spacial score (nSPS) is 10.0. The number of hydrogen-bond acceptors (Lipinski definition) is 1. The molecule has 2 aromatic rings. The summed E-state index contributed by atoms with van der Waals surface area (Å²) in [4.78, 5) is 0. The van der Waals surface area contributed by atoms with Crippen LogP contribution in [0.2, 0.25) is 0 Å². The Balaban J connectivity index is 2.54. The molecule has 2 aromatic carbocycles. The summed E-state index contributed by atoms with van der Waals surface area (Å²) in [5.74, 6) is -0.228. The maximum atomic E-state index is 13.8. The van der Waals surface area contributed by atoms with Gasteiger partial charge < -0.3 is 0 Å². The SMILES string of the molecule is Cc1ccc(-c2ccc(C#N)c(C)c2)c(F)c1. The highest BCUT2D eigenvalue weighted by Gasteiger charge is 2.06. The second kappa shape index (κ2) is 4.39. The molecule has 0 aliphatic rings. The minimum absolute atomic E-state index is 0.228. The van der Waals surface area contributed by atoms with Crippen LogP contribution in [0.5, 0.6) is 0 Å². The van der Waals surface area contributed by atoms with E-state index in [1.807, 2.05) is 26.0 Å². The van der Waals surface area contributed by atoms with Gasteiger partial charge >= 0.3 is 0 Å². The summed E-state index contributed by atoms with van der Waals surface area (Å²) in [6.45, 7) is 3.71. The van der Waals surface area contributed by atoms with Crippen molar-refractivity contribution < 1.29 is 4.39 Å². The third-order valence-corrected chi connectivity index (χ3v) is 2.78. The highest BCUT2D eigenvalue weighted by Crippen LogP contribution is 2.25. The second-order valence-electron chi connectivity index (χ2n) is 4.12. The van der Waals surface area contributed by atoms with E-state index in [-0.39, 0.29) is 5.82 Å². The number of hydrogen-bond donors (Lipinski definition) is 0. The molecule has 2 heteroatoms. The van der Waals surface area contributed by atoms with Crippen LogP contribution >= 0.6 is 0 Å². The molecule has 17 heavy (non-hydrogen) atoms. The molecule has 0 aliphatic carbocycles. The fourth-order valence-corrected chi connectivity index (χ4v) is 1.81. The molecular weight excluding hydrogens is 213 g/mol. The lowest BCUT2D eigenvalue weighted by molar-refractivity contribution is 0.630. The lowest BCUT2D eigenvalue weighted by atomic mass is 9.99. The Morgan fingerprint density at radius 3 is 2.41 bits per heavy atom. The van der Waals surface area contributed by atoms with Crippen LogP contribution in [-0.4, -0.2) is 0 Å². The van der Waals surface area contributed by atoms with Gasteiger partial charge in [0.2, 0.25) is 0 Å². The van der Waals surface area contributed by atoms with E-state index < -0.39 is 0 Å². The van der Waals surface area contributed by atoms with Crippen LogP contribution in [-0.2, 0) is 0 Å². The average molecular weight is 225 g/mol. The van der Waals surface area contributed by atoms with Crippen molar-refractivity contribution in [2.45, 2.75) is 13.8 Å². The molecule has 0 amide bonds. The monoisotopic (exact) mass is 225 g/mol. The van der Waals surface area contributed by atoms with Crippen LogP contribution in [0.4, 0.5) is 4.39 Å². The van der Waals surface area contributed by atoms with E-state index in [4.69, 9.17) is 5.26 Å². The quantitative estimate of drug-likeness (QED) is 0.720. The Labute approximate surface area is 100 Å². The standard InChI is InChI=1S/C15H12FN/c1-10-3-6-14(15(16)7-10)12-4-5-13(9-17)11(2)8-12/h3-8H,1-2H3. The Morgan fingerprint density at radius 2 is 1.82 bits per heavy atom. The third kappa shape index (κ3) is 2.19. The van der Waals surface area contributed by atoms with Crippen molar-refractivity contribution in [3.05, 3.63) is 58.9 Å². The molecule has 2 rings (SSSR count). The first kappa shape index (κ1) is 11.3. The van der Waals surface area contributed by atoms with E-state index in [0.29, 0.717) is 11.1 Å². The molecule has 0 heterocycles. The zero-order valence-corrected chi connectivity index (χ0v) is 9.79. The first-order valence-electron chi connectivity index (χ1n) is 5.39. The minimum Gasteiger partial charge on any atom is -0.206 e. The molecule has 0 aliphatic heterocycles. The summed E-state index contributed by atoms with van der Waals surface area (Å²) in [6.07, 6.45) is 0. The van der Waals surface area contributed by atoms with Crippen molar-refractivity contribution in [3.63, 3.8) is 0 Å². The number of nitriles is 1. The maximum Gasteiger partial charge on any atom is 0.131 e. The molecule has 0 aromatic heterocycles. The van der Waals surface area contributed by atoms with Crippen LogP contribution in [0.1, 0.15) is 16.7 Å². The van der Waals surface area contributed by atoms with Crippen molar-refractivity contribution in [1.29, 1.82) is 5.26 Å². The van der Waals surface area contributed by atoms with Crippen molar-refractivity contribution in [2.24, 2.45) is 0 Å². The molecule has 0 N–H and O–H groups in total. The molecule has 0 bridgehead atoms. The highest BCUT2D eigenvalue weighted by atomic mass is 19.1. The number of benzene rings is 2. The predicted molar refractivity (Wildman–Crippen MR) is 66.0 cm³/mol. The molecule has 1 nitrogen and oxygen atoms in total. The largest absolute Gasteiger partial charge is 0.206 e. The van der Waals surface area contributed by atoms with Gasteiger partial charge in [-0.25, -0.2) is 4.39 Å². The average Bonchev–Trinajstić information content (AvgIpc) is 2.29. The van der Waals surface area contributed by atoms with E-state index in [0.717, 1.165) is 16.7 Å². The minimum atomic E-state index is -0.228. The van der Waals surface area contributed by atoms with E-state index in [1.54, 1.807) is 18.2 Å². The van der Waals surface area contributed by atoms with Gasteiger partial charge in [-0.3, -0.25) is 0 Å². The Kier molecular flexibility index (Phi) is 2.93. The summed E-state index contributed by atoms with van der Waals surface area (Å²) in [7, 11) is 0. The van der Waals surface area contributed by atoms with E-state index in [1.165, 1.54) is 6.07 Å². The van der Waals surface area contributed by atoms with E-state index >= 15 is 0 Å². The molecule has 0 atom stereocenters. The van der Waals surface area contributed by atoms with E-state index in [2.05, 4.69) is 6.07 Å². The van der Waals surface area contributed by atoms with Crippen molar-refractivity contribution in [2.75, 3.05) is 0 Å². The predicted octanol–water partition coefficient (Wildman–Crippen LogP) is 3.98. The van der Waals surface area contributed by atoms with Crippen LogP contribution in [0.3, 0.4) is 0 Å². The molecule has 0 fully saturated rings. The van der Waals surface area contributed by atoms with Gasteiger partial charge in [0, 0.05) is 5.56 Å². The van der Waals surface area contributed by atoms with Gasteiger partial charge in [-0.15, -0.1) is 0 Å². The van der Waals surface area contributed by atoms with Crippen LogP contribution in [0, 0.1) is 31.0 Å². The molecule has 84 valence electrons. The first-order valence-corrected chi connectivity index (χ1v) is 5.39. The number of nitrogens with zero attached hydrogens (tertiary/aromatic N) is 1. The van der Waals surface area contributed by atoms with Crippen LogP contribution < -0.4 is 0 Å². The Hall–Kier alpha value is -2.14. The van der Waals surface area contributed by atoms with Gasteiger partial charge in [0.15, 0.2) is 0 Å². The van der Waals surface area contributed by atoms with Crippen LogP contribution in [0.25, 0.3) is 11.1 Å². The second-order valence-corrected chi connectivity index (χ2v) is 4.12. The van der Waals surface area contributed by atoms with Crippen molar-refractivity contribution >= 4 is 0 Å².